The summed E-state index contributed by atoms with van der Waals surface area (Å²) >= 11 is 0. The molecule has 1 heterocycles. The zero-order valence-corrected chi connectivity index (χ0v) is 14.8. The van der Waals surface area contributed by atoms with Gasteiger partial charge >= 0.3 is 0 Å². The molecule has 2 rings (SSSR count). The molecule has 1 aromatic carbocycles. The van der Waals surface area contributed by atoms with E-state index in [9.17, 15) is 0 Å². The summed E-state index contributed by atoms with van der Waals surface area (Å²) in [6.45, 7) is 4.36. The van der Waals surface area contributed by atoms with Crippen LogP contribution in [-0.4, -0.2) is 38.1 Å². The van der Waals surface area contributed by atoms with Crippen molar-refractivity contribution in [2.24, 2.45) is 4.99 Å². The summed E-state index contributed by atoms with van der Waals surface area (Å²) in [6, 6.07) is 14.5. The smallest absolute Gasteiger partial charge is 0.191 e. The van der Waals surface area contributed by atoms with Crippen molar-refractivity contribution >= 4 is 11.8 Å². The Morgan fingerprint density at radius 2 is 1.88 bits per heavy atom. The molecule has 0 atom stereocenters. The number of pyridine rings is 1. The highest BCUT2D eigenvalue weighted by Crippen LogP contribution is 2.15. The molecule has 0 unspecified atom stereocenters. The van der Waals surface area contributed by atoms with Crippen LogP contribution in [0.2, 0.25) is 0 Å². The SMILES string of the molecule is CCNC(=NCc1cccnc1N(C)C)NCCc1ccccc1. The minimum atomic E-state index is 0.599. The Morgan fingerprint density at radius 3 is 2.58 bits per heavy atom. The maximum atomic E-state index is 4.69. The van der Waals surface area contributed by atoms with Crippen molar-refractivity contribution in [3.63, 3.8) is 0 Å². The van der Waals surface area contributed by atoms with Crippen molar-refractivity contribution in [3.05, 3.63) is 59.8 Å². The molecule has 24 heavy (non-hydrogen) atoms. The summed E-state index contributed by atoms with van der Waals surface area (Å²) in [4.78, 5) is 11.1. The van der Waals surface area contributed by atoms with Gasteiger partial charge in [-0.15, -0.1) is 0 Å². The number of nitrogens with zero attached hydrogens (tertiary/aromatic N) is 3. The number of anilines is 1. The minimum absolute atomic E-state index is 0.599. The van der Waals surface area contributed by atoms with Crippen LogP contribution in [0.1, 0.15) is 18.1 Å². The van der Waals surface area contributed by atoms with Crippen LogP contribution in [0.4, 0.5) is 5.82 Å². The van der Waals surface area contributed by atoms with Crippen molar-refractivity contribution in [1.29, 1.82) is 0 Å². The molecule has 0 amide bonds. The topological polar surface area (TPSA) is 52.6 Å². The first-order valence-corrected chi connectivity index (χ1v) is 8.38. The number of rotatable bonds is 7. The van der Waals surface area contributed by atoms with Gasteiger partial charge in [-0.25, -0.2) is 9.98 Å². The summed E-state index contributed by atoms with van der Waals surface area (Å²) in [5, 5.41) is 6.69. The number of aromatic nitrogens is 1. The second-order valence-corrected chi connectivity index (χ2v) is 5.74. The van der Waals surface area contributed by atoms with E-state index < -0.39 is 0 Å². The lowest BCUT2D eigenvalue weighted by molar-refractivity contribution is 0.799. The molecule has 2 aromatic rings. The van der Waals surface area contributed by atoms with E-state index in [1.807, 2.05) is 37.3 Å². The molecule has 0 bridgehead atoms. The highest BCUT2D eigenvalue weighted by Gasteiger charge is 2.05. The van der Waals surface area contributed by atoms with Crippen molar-refractivity contribution in [1.82, 2.24) is 15.6 Å². The van der Waals surface area contributed by atoms with Gasteiger partial charge in [0.25, 0.3) is 0 Å². The van der Waals surface area contributed by atoms with Gasteiger partial charge in [-0.2, -0.15) is 0 Å². The molecule has 0 aliphatic carbocycles. The average molecular weight is 325 g/mol. The summed E-state index contributed by atoms with van der Waals surface area (Å²) in [5.41, 5.74) is 2.44. The Morgan fingerprint density at radius 1 is 1.08 bits per heavy atom. The van der Waals surface area contributed by atoms with Gasteiger partial charge < -0.3 is 15.5 Å². The first-order valence-electron chi connectivity index (χ1n) is 8.38. The third-order valence-corrected chi connectivity index (χ3v) is 3.59. The number of benzene rings is 1. The van der Waals surface area contributed by atoms with E-state index in [-0.39, 0.29) is 0 Å². The van der Waals surface area contributed by atoms with Crippen molar-refractivity contribution in [2.45, 2.75) is 19.9 Å². The lowest BCUT2D eigenvalue weighted by Crippen LogP contribution is -2.38. The fraction of sp³-hybridized carbons (Fsp3) is 0.368. The van der Waals surface area contributed by atoms with Gasteiger partial charge in [-0.3, -0.25) is 0 Å². The maximum Gasteiger partial charge on any atom is 0.191 e. The minimum Gasteiger partial charge on any atom is -0.362 e. The summed E-state index contributed by atoms with van der Waals surface area (Å²) in [7, 11) is 4.00. The van der Waals surface area contributed by atoms with E-state index in [0.29, 0.717) is 6.54 Å². The monoisotopic (exact) mass is 325 g/mol. The molecule has 0 spiro atoms. The van der Waals surface area contributed by atoms with Crippen LogP contribution in [0.3, 0.4) is 0 Å². The standard InChI is InChI=1S/C19H27N5/c1-4-20-19(22-14-12-16-9-6-5-7-10-16)23-15-17-11-8-13-21-18(17)24(2)3/h5-11,13H,4,12,14-15H2,1-3H3,(H2,20,22,23). The molecule has 5 nitrogen and oxygen atoms in total. The first kappa shape index (κ1) is 17.8. The van der Waals surface area contributed by atoms with Gasteiger partial charge in [-0.05, 0) is 25.0 Å². The Hall–Kier alpha value is -2.56. The molecule has 0 radical (unpaired) electrons. The number of hydrogen-bond donors (Lipinski definition) is 2. The van der Waals surface area contributed by atoms with Crippen LogP contribution in [0.25, 0.3) is 0 Å². The van der Waals surface area contributed by atoms with E-state index >= 15 is 0 Å². The van der Waals surface area contributed by atoms with E-state index in [1.165, 1.54) is 5.56 Å². The normalized spacial score (nSPS) is 11.2. The van der Waals surface area contributed by atoms with Crippen molar-refractivity contribution < 1.29 is 0 Å². The molecule has 5 heteroatoms. The molecular weight excluding hydrogens is 298 g/mol. The highest BCUT2D eigenvalue weighted by atomic mass is 15.2. The van der Waals surface area contributed by atoms with Crippen LogP contribution in [0.5, 0.6) is 0 Å². The van der Waals surface area contributed by atoms with E-state index in [0.717, 1.165) is 36.9 Å². The molecule has 0 fully saturated rings. The molecule has 128 valence electrons. The van der Waals surface area contributed by atoms with Gasteiger partial charge in [0.05, 0.1) is 6.54 Å². The summed E-state index contributed by atoms with van der Waals surface area (Å²) < 4.78 is 0. The van der Waals surface area contributed by atoms with Crippen molar-refractivity contribution in [3.8, 4) is 0 Å². The predicted molar refractivity (Wildman–Crippen MR) is 102 cm³/mol. The highest BCUT2D eigenvalue weighted by molar-refractivity contribution is 5.79. The fourth-order valence-corrected chi connectivity index (χ4v) is 2.43. The number of hydrogen-bond acceptors (Lipinski definition) is 3. The van der Waals surface area contributed by atoms with Crippen LogP contribution < -0.4 is 15.5 Å². The molecule has 0 saturated carbocycles. The number of nitrogens with one attached hydrogen (secondary N) is 2. The van der Waals surface area contributed by atoms with E-state index in [4.69, 9.17) is 0 Å². The predicted octanol–water partition coefficient (Wildman–Crippen LogP) is 2.45. The zero-order chi connectivity index (χ0) is 17.2. The third-order valence-electron chi connectivity index (χ3n) is 3.59. The van der Waals surface area contributed by atoms with Crippen molar-refractivity contribution in [2.75, 3.05) is 32.1 Å². The van der Waals surface area contributed by atoms with Gasteiger partial charge in [-0.1, -0.05) is 36.4 Å². The lowest BCUT2D eigenvalue weighted by atomic mass is 10.1. The van der Waals surface area contributed by atoms with E-state index in [1.54, 1.807) is 0 Å². The van der Waals surface area contributed by atoms with Crippen LogP contribution in [-0.2, 0) is 13.0 Å². The van der Waals surface area contributed by atoms with Gasteiger partial charge in [0.2, 0.25) is 0 Å². The first-order chi connectivity index (χ1) is 11.7. The second kappa shape index (κ2) is 9.55. The van der Waals surface area contributed by atoms with E-state index in [2.05, 4.69) is 57.9 Å². The third kappa shape index (κ3) is 5.57. The molecule has 0 aliphatic heterocycles. The lowest BCUT2D eigenvalue weighted by Gasteiger charge is -2.15. The summed E-state index contributed by atoms with van der Waals surface area (Å²) in [6.07, 6.45) is 2.78. The Labute approximate surface area is 144 Å². The van der Waals surface area contributed by atoms with Crippen LogP contribution in [0.15, 0.2) is 53.7 Å². The maximum absolute atomic E-state index is 4.69. The molecule has 0 aliphatic rings. The molecular formula is C19H27N5. The summed E-state index contributed by atoms with van der Waals surface area (Å²) in [5.74, 6) is 1.79. The molecule has 0 saturated heterocycles. The quantitative estimate of drug-likeness (QED) is 0.606. The van der Waals surface area contributed by atoms with Gasteiger partial charge in [0.1, 0.15) is 5.82 Å². The second-order valence-electron chi connectivity index (χ2n) is 5.74. The van der Waals surface area contributed by atoms with Crippen LogP contribution in [0, 0.1) is 0 Å². The zero-order valence-electron chi connectivity index (χ0n) is 14.8. The number of aliphatic imine (C=N–C) groups is 1. The Kier molecular flexibility index (Phi) is 7.08. The van der Waals surface area contributed by atoms with Gasteiger partial charge in [0, 0.05) is 38.9 Å². The number of guanidine groups is 1. The van der Waals surface area contributed by atoms with Gasteiger partial charge in [0.15, 0.2) is 5.96 Å². The Bertz CT molecular complexity index is 637. The van der Waals surface area contributed by atoms with Crippen LogP contribution >= 0.6 is 0 Å². The molecule has 2 N–H and O–H groups in total. The Balaban J connectivity index is 1.95. The molecule has 1 aromatic heterocycles. The largest absolute Gasteiger partial charge is 0.362 e. The average Bonchev–Trinajstić information content (AvgIpc) is 2.60. The fourth-order valence-electron chi connectivity index (χ4n) is 2.43.